The largest absolute Gasteiger partial charge is 0.428 e. The molecule has 3 heterocycles. The first-order chi connectivity index (χ1) is 17.0. The molecule has 1 aromatic heterocycles. The van der Waals surface area contributed by atoms with Crippen LogP contribution >= 0.6 is 23.1 Å². The lowest BCUT2D eigenvalue weighted by Gasteiger charge is -2.35. The van der Waals surface area contributed by atoms with E-state index in [1.807, 2.05) is 12.1 Å². The summed E-state index contributed by atoms with van der Waals surface area (Å²) >= 11 is 8.16. The summed E-state index contributed by atoms with van der Waals surface area (Å²) in [6.45, 7) is 6.89. The molecule has 36 heavy (non-hydrogen) atoms. The van der Waals surface area contributed by atoms with E-state index in [0.29, 0.717) is 18.0 Å². The summed E-state index contributed by atoms with van der Waals surface area (Å²) in [5.74, 6) is 1.00. The van der Waals surface area contributed by atoms with Crippen LogP contribution in [0.25, 0.3) is 10.1 Å². The quantitative estimate of drug-likeness (QED) is 0.484. The van der Waals surface area contributed by atoms with Crippen molar-refractivity contribution in [3.05, 3.63) is 52.5 Å². The zero-order valence-corrected chi connectivity index (χ0v) is 21.2. The Morgan fingerprint density at radius 3 is 2.75 bits per heavy atom. The standard InChI is InChI=1S/C25H28ClN5O3S.CH4/c1-2-27-25(33)34-16-31-21-15-20(26)17(13-18(21)14-23(31)32)7-8-29-9-11-30(12-10-29)24-19-5-3-4-6-22(19)35-28-24;/h3-6,13,15H,2,7-12,14,16H2,1H3,(H,27,33);1H4. The second-order valence-corrected chi connectivity index (χ2v) is 9.96. The van der Waals surface area contributed by atoms with Crippen molar-refractivity contribution in [2.45, 2.75) is 27.2 Å². The molecule has 1 N–H and O–H groups in total. The number of piperazine rings is 1. The van der Waals surface area contributed by atoms with E-state index in [4.69, 9.17) is 20.7 Å². The zero-order chi connectivity index (χ0) is 24.4. The van der Waals surface area contributed by atoms with Crippen molar-refractivity contribution < 1.29 is 14.3 Å². The van der Waals surface area contributed by atoms with Crippen molar-refractivity contribution in [3.8, 4) is 0 Å². The number of carbonyl (C=O) groups is 2. The van der Waals surface area contributed by atoms with Gasteiger partial charge in [0.15, 0.2) is 6.73 Å². The first-order valence-corrected chi connectivity index (χ1v) is 13.0. The van der Waals surface area contributed by atoms with Gasteiger partial charge in [0.1, 0.15) is 5.82 Å². The molecule has 2 aliphatic heterocycles. The van der Waals surface area contributed by atoms with Gasteiger partial charge in [-0.3, -0.25) is 14.6 Å². The lowest BCUT2D eigenvalue weighted by molar-refractivity contribution is -0.118. The second kappa shape index (κ2) is 11.5. The number of ether oxygens (including phenoxy) is 1. The Morgan fingerprint density at radius 2 is 1.97 bits per heavy atom. The fourth-order valence-electron chi connectivity index (χ4n) is 4.66. The summed E-state index contributed by atoms with van der Waals surface area (Å²) in [6.07, 6.45) is 0.563. The van der Waals surface area contributed by atoms with Gasteiger partial charge in [-0.1, -0.05) is 37.2 Å². The summed E-state index contributed by atoms with van der Waals surface area (Å²) in [5.41, 5.74) is 2.68. The van der Waals surface area contributed by atoms with Crippen molar-refractivity contribution in [3.63, 3.8) is 0 Å². The van der Waals surface area contributed by atoms with Crippen LogP contribution in [0.15, 0.2) is 36.4 Å². The summed E-state index contributed by atoms with van der Waals surface area (Å²) in [4.78, 5) is 30.4. The van der Waals surface area contributed by atoms with Crippen LogP contribution in [0.2, 0.25) is 5.02 Å². The minimum absolute atomic E-state index is 0. The van der Waals surface area contributed by atoms with Crippen LogP contribution in [-0.2, 0) is 22.4 Å². The molecule has 1 fully saturated rings. The van der Waals surface area contributed by atoms with E-state index in [0.717, 1.165) is 61.8 Å². The molecule has 2 amide bonds. The topological polar surface area (TPSA) is 78.0 Å². The third-order valence-electron chi connectivity index (χ3n) is 6.55. The van der Waals surface area contributed by atoms with Crippen LogP contribution in [-0.4, -0.2) is 67.3 Å². The number of nitrogens with one attached hydrogen (secondary N) is 1. The molecule has 3 aromatic rings. The Morgan fingerprint density at radius 1 is 1.19 bits per heavy atom. The van der Waals surface area contributed by atoms with Crippen LogP contribution < -0.4 is 15.1 Å². The summed E-state index contributed by atoms with van der Waals surface area (Å²) < 4.78 is 11.1. The smallest absolute Gasteiger partial charge is 0.408 e. The normalized spacial score (nSPS) is 15.7. The van der Waals surface area contributed by atoms with Gasteiger partial charge in [0.05, 0.1) is 16.8 Å². The van der Waals surface area contributed by atoms with Crippen molar-refractivity contribution in [2.75, 3.05) is 55.8 Å². The van der Waals surface area contributed by atoms with Crippen molar-refractivity contribution in [1.82, 2.24) is 14.6 Å². The molecule has 0 radical (unpaired) electrons. The van der Waals surface area contributed by atoms with Gasteiger partial charge in [0.25, 0.3) is 0 Å². The number of halogens is 1. The fraction of sp³-hybridized carbons (Fsp3) is 0.423. The average molecular weight is 530 g/mol. The SMILES string of the molecule is C.CCNC(=O)OCN1C(=O)Cc2cc(CCN3CCN(c4nsc5ccccc45)CC3)c(Cl)cc21. The van der Waals surface area contributed by atoms with Gasteiger partial charge in [-0.15, -0.1) is 0 Å². The lowest BCUT2D eigenvalue weighted by Crippen LogP contribution is -2.47. The number of amides is 2. The van der Waals surface area contributed by atoms with E-state index in [2.05, 4.69) is 39.4 Å². The Balaban J connectivity index is 0.00000304. The van der Waals surface area contributed by atoms with Crippen LogP contribution in [0.5, 0.6) is 0 Å². The number of carbonyl (C=O) groups excluding carboxylic acids is 2. The van der Waals surface area contributed by atoms with Crippen LogP contribution in [0.4, 0.5) is 16.3 Å². The fourth-order valence-corrected chi connectivity index (χ4v) is 5.71. The van der Waals surface area contributed by atoms with Gasteiger partial charge in [-0.05, 0) is 54.2 Å². The number of hydrogen-bond donors (Lipinski definition) is 1. The molecule has 0 bridgehead atoms. The molecule has 8 nitrogen and oxygen atoms in total. The highest BCUT2D eigenvalue weighted by Gasteiger charge is 2.29. The monoisotopic (exact) mass is 529 g/mol. The van der Waals surface area contributed by atoms with Crippen molar-refractivity contribution >= 4 is 56.7 Å². The van der Waals surface area contributed by atoms with E-state index >= 15 is 0 Å². The van der Waals surface area contributed by atoms with E-state index in [-0.39, 0.29) is 20.1 Å². The highest BCUT2D eigenvalue weighted by molar-refractivity contribution is 7.13. The Hall–Kier alpha value is -2.88. The van der Waals surface area contributed by atoms with E-state index < -0.39 is 6.09 Å². The molecule has 2 aromatic carbocycles. The first-order valence-electron chi connectivity index (χ1n) is 11.9. The van der Waals surface area contributed by atoms with Crippen molar-refractivity contribution in [2.24, 2.45) is 0 Å². The number of benzene rings is 2. The molecule has 0 saturated carbocycles. The molecule has 5 rings (SSSR count). The number of anilines is 2. The molecule has 0 unspecified atom stereocenters. The number of aromatic nitrogens is 1. The second-order valence-electron chi connectivity index (χ2n) is 8.74. The molecule has 0 atom stereocenters. The van der Waals surface area contributed by atoms with E-state index in [9.17, 15) is 9.59 Å². The van der Waals surface area contributed by atoms with Gasteiger partial charge >= 0.3 is 6.09 Å². The van der Waals surface area contributed by atoms with Gasteiger partial charge < -0.3 is 15.0 Å². The highest BCUT2D eigenvalue weighted by Crippen LogP contribution is 2.34. The van der Waals surface area contributed by atoms with Gasteiger partial charge in [-0.2, -0.15) is 4.37 Å². The first kappa shape index (κ1) is 26.2. The average Bonchev–Trinajstić information content (AvgIpc) is 3.42. The third-order valence-corrected chi connectivity index (χ3v) is 7.72. The predicted octanol–water partition coefficient (Wildman–Crippen LogP) is 4.54. The maximum absolute atomic E-state index is 12.5. The van der Waals surface area contributed by atoms with E-state index in [1.165, 1.54) is 15.0 Å². The number of rotatable bonds is 7. The molecular weight excluding hydrogens is 498 g/mol. The Bertz CT molecular complexity index is 1240. The number of hydrogen-bond acceptors (Lipinski definition) is 7. The maximum Gasteiger partial charge on any atom is 0.408 e. The number of fused-ring (bicyclic) bond motifs is 2. The molecule has 192 valence electrons. The van der Waals surface area contributed by atoms with Crippen molar-refractivity contribution in [1.29, 1.82) is 0 Å². The number of alkyl carbamates (subject to hydrolysis) is 1. The molecular formula is C26H32ClN5O3S. The molecule has 10 heteroatoms. The molecule has 2 aliphatic rings. The maximum atomic E-state index is 12.5. The van der Waals surface area contributed by atoms with Crippen LogP contribution in [0.3, 0.4) is 0 Å². The minimum Gasteiger partial charge on any atom is -0.428 e. The summed E-state index contributed by atoms with van der Waals surface area (Å²) in [5, 5.41) is 4.42. The van der Waals surface area contributed by atoms with Gasteiger partial charge in [0, 0.05) is 49.7 Å². The van der Waals surface area contributed by atoms with Gasteiger partial charge in [0.2, 0.25) is 5.91 Å². The predicted molar refractivity (Wildman–Crippen MR) is 146 cm³/mol. The number of nitrogens with zero attached hydrogens (tertiary/aromatic N) is 4. The van der Waals surface area contributed by atoms with E-state index in [1.54, 1.807) is 18.5 Å². The summed E-state index contributed by atoms with van der Waals surface area (Å²) in [7, 11) is 0. The zero-order valence-electron chi connectivity index (χ0n) is 19.6. The summed E-state index contributed by atoms with van der Waals surface area (Å²) in [6, 6.07) is 12.2. The Labute approximate surface area is 220 Å². The highest BCUT2D eigenvalue weighted by atomic mass is 35.5. The lowest BCUT2D eigenvalue weighted by atomic mass is 10.1. The van der Waals surface area contributed by atoms with Crippen LogP contribution in [0.1, 0.15) is 25.5 Å². The molecule has 0 spiro atoms. The van der Waals surface area contributed by atoms with Crippen LogP contribution in [0, 0.1) is 0 Å². The third kappa shape index (κ3) is 5.43. The Kier molecular flexibility index (Phi) is 8.33. The minimum atomic E-state index is -0.542. The molecule has 0 aliphatic carbocycles. The van der Waals surface area contributed by atoms with Gasteiger partial charge in [-0.25, -0.2) is 4.79 Å². The molecule has 1 saturated heterocycles.